The Labute approximate surface area is 94.5 Å². The van der Waals surface area contributed by atoms with E-state index in [1.807, 2.05) is 0 Å². The Morgan fingerprint density at radius 3 is 2.73 bits per heavy atom. The number of hydrogen-bond donors (Lipinski definition) is 2. The Morgan fingerprint density at radius 1 is 1.67 bits per heavy atom. The molecular formula is C9H10BrNO4. The fourth-order valence-corrected chi connectivity index (χ4v) is 2.91. The lowest BCUT2D eigenvalue weighted by Gasteiger charge is -2.44. The van der Waals surface area contributed by atoms with E-state index in [1.54, 1.807) is 6.92 Å². The maximum atomic E-state index is 11.6. The Balaban J connectivity index is 2.27. The monoisotopic (exact) mass is 275 g/mol. The summed E-state index contributed by atoms with van der Waals surface area (Å²) in [6.45, 7) is 1.55. The molecule has 3 unspecified atom stereocenters. The summed E-state index contributed by atoms with van der Waals surface area (Å²) >= 11 is 3.15. The van der Waals surface area contributed by atoms with Crippen molar-refractivity contribution in [3.05, 3.63) is 10.2 Å². The molecular weight excluding hydrogens is 266 g/mol. The number of hydrogen-bond acceptors (Lipinski definition) is 3. The normalized spacial score (nSPS) is 31.4. The van der Waals surface area contributed by atoms with Gasteiger partial charge in [0.25, 0.3) is 0 Å². The number of carboxylic acids is 1. The minimum absolute atomic E-state index is 0.0156. The number of aliphatic carboxylic acids is 1. The lowest BCUT2D eigenvalue weighted by molar-refractivity contribution is -0.161. The molecule has 2 aliphatic heterocycles. The van der Waals surface area contributed by atoms with Gasteiger partial charge in [-0.15, -0.1) is 0 Å². The fraction of sp³-hybridized carbons (Fsp3) is 0.556. The summed E-state index contributed by atoms with van der Waals surface area (Å²) < 4.78 is 0.525. The molecule has 6 heteroatoms. The van der Waals surface area contributed by atoms with Crippen LogP contribution in [0.1, 0.15) is 13.3 Å². The predicted octanol–water partition coefficient (Wildman–Crippen LogP) is 0.289. The molecule has 1 fully saturated rings. The molecule has 1 amide bonds. The molecule has 5 nitrogen and oxygen atoms in total. The van der Waals surface area contributed by atoms with E-state index < -0.39 is 18.0 Å². The van der Waals surface area contributed by atoms with Crippen molar-refractivity contribution in [2.45, 2.75) is 25.5 Å². The first-order valence-corrected chi connectivity index (χ1v) is 5.37. The third-order valence-electron chi connectivity index (χ3n) is 2.88. The van der Waals surface area contributed by atoms with Crippen LogP contribution >= 0.6 is 15.9 Å². The first-order valence-electron chi connectivity index (χ1n) is 4.58. The van der Waals surface area contributed by atoms with Crippen LogP contribution in [0.25, 0.3) is 0 Å². The molecule has 0 bridgehead atoms. The standard InChI is InChI=1S/C9H10BrNO4/c1-3(12)6-5-2-4(10)7(9(14)15)11(5)8(6)13/h3,5-6,12H,2H2,1H3,(H,14,15). The minimum atomic E-state index is -1.11. The van der Waals surface area contributed by atoms with Gasteiger partial charge >= 0.3 is 5.97 Å². The molecule has 0 aromatic carbocycles. The van der Waals surface area contributed by atoms with E-state index in [0.717, 1.165) is 0 Å². The van der Waals surface area contributed by atoms with Crippen LogP contribution in [0, 0.1) is 5.92 Å². The smallest absolute Gasteiger partial charge is 0.353 e. The zero-order valence-corrected chi connectivity index (χ0v) is 9.56. The first kappa shape index (κ1) is 10.6. The van der Waals surface area contributed by atoms with Crippen LogP contribution in [0.2, 0.25) is 0 Å². The van der Waals surface area contributed by atoms with E-state index in [-0.39, 0.29) is 17.6 Å². The van der Waals surface area contributed by atoms with E-state index in [1.165, 1.54) is 4.90 Å². The number of rotatable bonds is 2. The summed E-state index contributed by atoms with van der Waals surface area (Å²) in [6.07, 6.45) is -0.254. The van der Waals surface area contributed by atoms with Crippen LogP contribution in [0.4, 0.5) is 0 Å². The van der Waals surface area contributed by atoms with Gasteiger partial charge in [-0.3, -0.25) is 4.79 Å². The third kappa shape index (κ3) is 1.32. The van der Waals surface area contributed by atoms with Gasteiger partial charge in [0.15, 0.2) is 0 Å². The molecule has 2 rings (SSSR count). The van der Waals surface area contributed by atoms with Gasteiger partial charge in [0.2, 0.25) is 5.91 Å². The van der Waals surface area contributed by atoms with Gasteiger partial charge in [-0.05, 0) is 6.92 Å². The average molecular weight is 276 g/mol. The van der Waals surface area contributed by atoms with Gasteiger partial charge in [-0.25, -0.2) is 4.79 Å². The molecule has 0 spiro atoms. The van der Waals surface area contributed by atoms with Crippen LogP contribution in [0.15, 0.2) is 10.2 Å². The van der Waals surface area contributed by atoms with E-state index in [2.05, 4.69) is 15.9 Å². The van der Waals surface area contributed by atoms with Crippen molar-refractivity contribution in [1.29, 1.82) is 0 Å². The van der Waals surface area contributed by atoms with Crippen LogP contribution in [0.3, 0.4) is 0 Å². The number of β-lactam (4-membered cyclic amide) rings is 1. The van der Waals surface area contributed by atoms with Crippen LogP contribution in [-0.2, 0) is 9.59 Å². The fourth-order valence-electron chi connectivity index (χ4n) is 2.22. The maximum absolute atomic E-state index is 11.6. The molecule has 0 saturated carbocycles. The SMILES string of the molecule is CC(O)C1C(=O)N2C(C(=O)O)=C(Br)CC12. The maximum Gasteiger partial charge on any atom is 0.353 e. The molecule has 0 aromatic heterocycles. The molecule has 2 N–H and O–H groups in total. The summed E-state index contributed by atoms with van der Waals surface area (Å²) in [4.78, 5) is 23.7. The summed E-state index contributed by atoms with van der Waals surface area (Å²) in [5.41, 5.74) is 0.0156. The second-order valence-corrected chi connectivity index (χ2v) is 4.76. The van der Waals surface area contributed by atoms with Crippen molar-refractivity contribution in [3.63, 3.8) is 0 Å². The highest BCUT2D eigenvalue weighted by molar-refractivity contribution is 9.11. The molecule has 0 aliphatic carbocycles. The topological polar surface area (TPSA) is 77.8 Å². The summed E-state index contributed by atoms with van der Waals surface area (Å²) in [6, 6.07) is -0.196. The highest BCUT2D eigenvalue weighted by Gasteiger charge is 2.56. The van der Waals surface area contributed by atoms with Crippen molar-refractivity contribution >= 4 is 27.8 Å². The quantitative estimate of drug-likeness (QED) is 0.710. The number of amides is 1. The van der Waals surface area contributed by atoms with Crippen molar-refractivity contribution in [2.24, 2.45) is 5.92 Å². The van der Waals surface area contributed by atoms with Gasteiger partial charge in [-0.1, -0.05) is 15.9 Å². The number of aliphatic hydroxyl groups excluding tert-OH is 1. The van der Waals surface area contributed by atoms with E-state index in [9.17, 15) is 14.7 Å². The molecule has 82 valence electrons. The second kappa shape index (κ2) is 3.31. The first-order chi connectivity index (χ1) is 6.95. The highest BCUT2D eigenvalue weighted by atomic mass is 79.9. The number of carbonyl (C=O) groups is 2. The largest absolute Gasteiger partial charge is 0.477 e. The Bertz CT molecular complexity index is 376. The van der Waals surface area contributed by atoms with Crippen molar-refractivity contribution in [1.82, 2.24) is 4.90 Å². The van der Waals surface area contributed by atoms with Gasteiger partial charge in [0.1, 0.15) is 5.70 Å². The van der Waals surface area contributed by atoms with Crippen LogP contribution in [0.5, 0.6) is 0 Å². The number of nitrogens with zero attached hydrogens (tertiary/aromatic N) is 1. The zero-order valence-electron chi connectivity index (χ0n) is 7.98. The lowest BCUT2D eigenvalue weighted by Crippen LogP contribution is -2.61. The van der Waals surface area contributed by atoms with Crippen LogP contribution in [-0.4, -0.2) is 39.1 Å². The second-order valence-electron chi connectivity index (χ2n) is 3.80. The number of halogens is 1. The molecule has 0 radical (unpaired) electrons. The molecule has 3 atom stereocenters. The predicted molar refractivity (Wildman–Crippen MR) is 54.0 cm³/mol. The Kier molecular flexibility index (Phi) is 2.35. The van der Waals surface area contributed by atoms with E-state index in [4.69, 9.17) is 5.11 Å². The molecule has 2 aliphatic rings. The molecule has 15 heavy (non-hydrogen) atoms. The highest BCUT2D eigenvalue weighted by Crippen LogP contribution is 2.45. The number of aliphatic hydroxyl groups is 1. The zero-order chi connectivity index (χ0) is 11.3. The number of carbonyl (C=O) groups excluding carboxylic acids is 1. The van der Waals surface area contributed by atoms with E-state index >= 15 is 0 Å². The Hall–Kier alpha value is -0.880. The van der Waals surface area contributed by atoms with E-state index in [0.29, 0.717) is 10.9 Å². The summed E-state index contributed by atoms with van der Waals surface area (Å²) in [5.74, 6) is -1.88. The van der Waals surface area contributed by atoms with Gasteiger partial charge in [0, 0.05) is 10.9 Å². The average Bonchev–Trinajstić information content (AvgIpc) is 2.38. The Morgan fingerprint density at radius 2 is 2.27 bits per heavy atom. The van der Waals surface area contributed by atoms with Gasteiger partial charge < -0.3 is 15.1 Å². The summed E-state index contributed by atoms with van der Waals surface area (Å²) in [5, 5.41) is 18.3. The molecule has 1 saturated heterocycles. The van der Waals surface area contributed by atoms with Crippen molar-refractivity contribution in [2.75, 3.05) is 0 Å². The molecule has 2 heterocycles. The van der Waals surface area contributed by atoms with Gasteiger partial charge in [-0.2, -0.15) is 0 Å². The van der Waals surface area contributed by atoms with Crippen molar-refractivity contribution < 1.29 is 19.8 Å². The third-order valence-corrected chi connectivity index (χ3v) is 3.58. The van der Waals surface area contributed by atoms with Crippen molar-refractivity contribution in [3.8, 4) is 0 Å². The number of carboxylic acid groups (broad SMARTS) is 1. The lowest BCUT2D eigenvalue weighted by atomic mass is 9.83. The minimum Gasteiger partial charge on any atom is -0.477 e. The number of fused-ring (bicyclic) bond motifs is 1. The summed E-state index contributed by atoms with van der Waals surface area (Å²) in [7, 11) is 0. The van der Waals surface area contributed by atoms with Gasteiger partial charge in [0.05, 0.1) is 18.1 Å². The van der Waals surface area contributed by atoms with Crippen LogP contribution < -0.4 is 0 Å². The molecule has 0 aromatic rings.